The molecule has 3 amide bonds. The van der Waals surface area contributed by atoms with Crippen molar-refractivity contribution in [2.24, 2.45) is 0 Å². The van der Waals surface area contributed by atoms with Gasteiger partial charge in [0.1, 0.15) is 5.82 Å². The molecule has 2 aliphatic rings. The van der Waals surface area contributed by atoms with Gasteiger partial charge in [-0.25, -0.2) is 9.18 Å². The number of morpholine rings is 2. The third-order valence-electron chi connectivity index (χ3n) is 6.29. The van der Waals surface area contributed by atoms with Crippen molar-refractivity contribution in [2.75, 3.05) is 65.6 Å². The number of benzene rings is 2. The fraction of sp³-hybridized carbons (Fsp3) is 0.462. The Kier molecular flexibility index (Phi) is 9.05. The molecule has 2 aromatic carbocycles. The summed E-state index contributed by atoms with van der Waals surface area (Å²) in [7, 11) is 0. The topological polar surface area (TPSA) is 74.4 Å². The molecule has 2 fully saturated rings. The Labute approximate surface area is 205 Å². The third-order valence-corrected chi connectivity index (χ3v) is 6.29. The SMILES string of the molecule is O=C(NCc1ccccc1)N1CCOC(CN(CCN2CCOCC2)C(=O)c2cccc(F)c2)C1. The van der Waals surface area contributed by atoms with E-state index in [1.165, 1.54) is 12.1 Å². The van der Waals surface area contributed by atoms with E-state index in [9.17, 15) is 14.0 Å². The molecule has 2 aromatic rings. The fourth-order valence-corrected chi connectivity index (χ4v) is 4.31. The van der Waals surface area contributed by atoms with Gasteiger partial charge in [-0.2, -0.15) is 0 Å². The molecule has 2 heterocycles. The summed E-state index contributed by atoms with van der Waals surface area (Å²) in [5.41, 5.74) is 1.33. The lowest BCUT2D eigenvalue weighted by atomic mass is 10.1. The van der Waals surface area contributed by atoms with E-state index >= 15 is 0 Å². The van der Waals surface area contributed by atoms with E-state index in [2.05, 4.69) is 10.2 Å². The first kappa shape index (κ1) is 25.1. The highest BCUT2D eigenvalue weighted by atomic mass is 19.1. The maximum Gasteiger partial charge on any atom is 0.317 e. The summed E-state index contributed by atoms with van der Waals surface area (Å²) < 4.78 is 25.1. The Morgan fingerprint density at radius 3 is 2.60 bits per heavy atom. The summed E-state index contributed by atoms with van der Waals surface area (Å²) in [6.45, 7) is 6.20. The standard InChI is InChI=1S/C26H33FN4O4/c27-23-8-4-7-22(17-23)25(32)30(10-9-29-11-14-34-15-12-29)19-24-20-31(13-16-35-24)26(33)28-18-21-5-2-1-3-6-21/h1-8,17,24H,9-16,18-20H2,(H,28,33). The molecule has 1 atom stereocenters. The molecule has 2 aliphatic heterocycles. The zero-order valence-corrected chi connectivity index (χ0v) is 19.9. The van der Waals surface area contributed by atoms with Crippen LogP contribution < -0.4 is 5.32 Å². The maximum absolute atomic E-state index is 13.8. The average molecular weight is 485 g/mol. The number of hydrogen-bond donors (Lipinski definition) is 1. The third kappa shape index (κ3) is 7.48. The van der Waals surface area contributed by atoms with E-state index in [1.807, 2.05) is 30.3 Å². The van der Waals surface area contributed by atoms with Gasteiger partial charge in [0.05, 0.1) is 32.5 Å². The van der Waals surface area contributed by atoms with Crippen LogP contribution in [0.1, 0.15) is 15.9 Å². The Morgan fingerprint density at radius 1 is 1.03 bits per heavy atom. The molecule has 4 rings (SSSR count). The number of amides is 3. The molecule has 1 unspecified atom stereocenters. The molecule has 2 saturated heterocycles. The summed E-state index contributed by atoms with van der Waals surface area (Å²) in [6.07, 6.45) is -0.326. The van der Waals surface area contributed by atoms with Crippen LogP contribution >= 0.6 is 0 Å². The number of carbonyl (C=O) groups is 2. The molecule has 1 N–H and O–H groups in total. The first-order valence-corrected chi connectivity index (χ1v) is 12.1. The van der Waals surface area contributed by atoms with Crippen molar-refractivity contribution in [1.29, 1.82) is 0 Å². The van der Waals surface area contributed by atoms with Gasteiger partial charge in [0, 0.05) is 51.4 Å². The number of nitrogens with one attached hydrogen (secondary N) is 1. The largest absolute Gasteiger partial charge is 0.379 e. The lowest BCUT2D eigenvalue weighted by Gasteiger charge is -2.36. The van der Waals surface area contributed by atoms with E-state index in [0.717, 1.165) is 18.7 Å². The van der Waals surface area contributed by atoms with Crippen LogP contribution in [0.4, 0.5) is 9.18 Å². The number of halogens is 1. The number of carbonyl (C=O) groups excluding carboxylic acids is 2. The van der Waals surface area contributed by atoms with E-state index in [0.29, 0.717) is 64.7 Å². The van der Waals surface area contributed by atoms with Crippen LogP contribution in [0, 0.1) is 5.82 Å². The van der Waals surface area contributed by atoms with Crippen LogP contribution in [0.25, 0.3) is 0 Å². The number of urea groups is 1. The minimum atomic E-state index is -0.445. The Hall–Kier alpha value is -3.01. The van der Waals surface area contributed by atoms with Gasteiger partial charge in [-0.15, -0.1) is 0 Å². The first-order chi connectivity index (χ1) is 17.1. The van der Waals surface area contributed by atoms with E-state index < -0.39 is 5.82 Å². The molecular weight excluding hydrogens is 451 g/mol. The van der Waals surface area contributed by atoms with E-state index in [1.54, 1.807) is 21.9 Å². The molecular formula is C26H33FN4O4. The number of rotatable bonds is 8. The second kappa shape index (κ2) is 12.6. The van der Waals surface area contributed by atoms with Crippen molar-refractivity contribution in [1.82, 2.24) is 20.0 Å². The summed E-state index contributed by atoms with van der Waals surface area (Å²) in [5, 5.41) is 2.96. The van der Waals surface area contributed by atoms with Crippen molar-refractivity contribution in [3.05, 3.63) is 71.5 Å². The van der Waals surface area contributed by atoms with Crippen molar-refractivity contribution >= 4 is 11.9 Å². The van der Waals surface area contributed by atoms with Crippen molar-refractivity contribution in [3.8, 4) is 0 Å². The van der Waals surface area contributed by atoms with Gasteiger partial charge in [-0.05, 0) is 23.8 Å². The van der Waals surface area contributed by atoms with E-state index in [-0.39, 0.29) is 18.0 Å². The lowest BCUT2D eigenvalue weighted by molar-refractivity contribution is -0.0297. The predicted molar refractivity (Wildman–Crippen MR) is 130 cm³/mol. The van der Waals surface area contributed by atoms with Crippen LogP contribution in [0.5, 0.6) is 0 Å². The number of ether oxygens (including phenoxy) is 2. The minimum Gasteiger partial charge on any atom is -0.379 e. The van der Waals surface area contributed by atoms with Crippen LogP contribution in [-0.2, 0) is 16.0 Å². The van der Waals surface area contributed by atoms with Crippen LogP contribution in [-0.4, -0.2) is 98.4 Å². The Bertz CT molecular complexity index is 971. The summed E-state index contributed by atoms with van der Waals surface area (Å²) in [4.78, 5) is 31.7. The van der Waals surface area contributed by atoms with Gasteiger partial charge in [-0.1, -0.05) is 36.4 Å². The molecule has 9 heteroatoms. The molecule has 8 nitrogen and oxygen atoms in total. The van der Waals surface area contributed by atoms with E-state index in [4.69, 9.17) is 9.47 Å². The monoisotopic (exact) mass is 484 g/mol. The van der Waals surface area contributed by atoms with Crippen LogP contribution in [0.3, 0.4) is 0 Å². The van der Waals surface area contributed by atoms with Gasteiger partial charge in [-0.3, -0.25) is 9.69 Å². The summed E-state index contributed by atoms with van der Waals surface area (Å²) >= 11 is 0. The molecule has 0 saturated carbocycles. The summed E-state index contributed by atoms with van der Waals surface area (Å²) in [6, 6.07) is 15.3. The maximum atomic E-state index is 13.8. The van der Waals surface area contributed by atoms with Crippen molar-refractivity contribution in [2.45, 2.75) is 12.6 Å². The van der Waals surface area contributed by atoms with Crippen LogP contribution in [0.2, 0.25) is 0 Å². The molecule has 0 spiro atoms. The Morgan fingerprint density at radius 2 is 1.83 bits per heavy atom. The molecule has 188 valence electrons. The predicted octanol–water partition coefficient (Wildman–Crippen LogP) is 2.21. The Balaban J connectivity index is 1.37. The number of nitrogens with zero attached hydrogens (tertiary/aromatic N) is 3. The normalized spacial score (nSPS) is 18.8. The lowest BCUT2D eigenvalue weighted by Crippen LogP contribution is -2.53. The highest BCUT2D eigenvalue weighted by molar-refractivity contribution is 5.94. The highest BCUT2D eigenvalue weighted by Gasteiger charge is 2.28. The number of hydrogen-bond acceptors (Lipinski definition) is 5. The van der Waals surface area contributed by atoms with Gasteiger partial charge >= 0.3 is 6.03 Å². The second-order valence-corrected chi connectivity index (χ2v) is 8.80. The molecule has 0 bridgehead atoms. The first-order valence-electron chi connectivity index (χ1n) is 12.1. The molecule has 0 radical (unpaired) electrons. The zero-order chi connectivity index (χ0) is 24.5. The quantitative estimate of drug-likeness (QED) is 0.622. The molecule has 0 aromatic heterocycles. The second-order valence-electron chi connectivity index (χ2n) is 8.80. The average Bonchev–Trinajstić information content (AvgIpc) is 2.90. The van der Waals surface area contributed by atoms with Gasteiger partial charge in [0.25, 0.3) is 5.91 Å². The highest BCUT2D eigenvalue weighted by Crippen LogP contribution is 2.13. The van der Waals surface area contributed by atoms with Gasteiger partial charge < -0.3 is 24.6 Å². The van der Waals surface area contributed by atoms with Crippen LogP contribution in [0.15, 0.2) is 54.6 Å². The minimum absolute atomic E-state index is 0.154. The van der Waals surface area contributed by atoms with Crippen molar-refractivity contribution < 1.29 is 23.5 Å². The van der Waals surface area contributed by atoms with Gasteiger partial charge in [0.2, 0.25) is 0 Å². The smallest absolute Gasteiger partial charge is 0.317 e. The molecule has 0 aliphatic carbocycles. The summed E-state index contributed by atoms with van der Waals surface area (Å²) in [5.74, 6) is -0.689. The van der Waals surface area contributed by atoms with Gasteiger partial charge in [0.15, 0.2) is 0 Å². The zero-order valence-electron chi connectivity index (χ0n) is 19.9. The molecule has 35 heavy (non-hydrogen) atoms. The fourth-order valence-electron chi connectivity index (χ4n) is 4.31. The van der Waals surface area contributed by atoms with Crippen molar-refractivity contribution in [3.63, 3.8) is 0 Å².